The van der Waals surface area contributed by atoms with Crippen LogP contribution >= 0.6 is 11.8 Å². The highest BCUT2D eigenvalue weighted by molar-refractivity contribution is 7.98. The molecule has 0 unspecified atom stereocenters. The van der Waals surface area contributed by atoms with Gasteiger partial charge in [0.25, 0.3) is 0 Å². The first-order valence-corrected chi connectivity index (χ1v) is 7.23. The van der Waals surface area contributed by atoms with Gasteiger partial charge in [-0.3, -0.25) is 5.10 Å². The Balaban J connectivity index is 2.33. The van der Waals surface area contributed by atoms with Gasteiger partial charge in [0.1, 0.15) is 5.69 Å². The molecular formula is C14H14F3N2S. The molecule has 0 spiro atoms. The summed E-state index contributed by atoms with van der Waals surface area (Å²) in [4.78, 5) is 1.08. The fourth-order valence-electron chi connectivity index (χ4n) is 1.98. The number of aromatic nitrogens is 2. The number of H-pyrrole nitrogens is 1. The largest absolute Gasteiger partial charge is 0.433 e. The summed E-state index contributed by atoms with van der Waals surface area (Å²) in [6, 6.07) is 7.48. The Bertz CT molecular complexity index is 573. The van der Waals surface area contributed by atoms with Crippen LogP contribution in [0, 0.1) is 6.92 Å². The summed E-state index contributed by atoms with van der Waals surface area (Å²) in [5.41, 5.74) is 0.602. The van der Waals surface area contributed by atoms with Crippen LogP contribution in [0.15, 0.2) is 29.2 Å². The van der Waals surface area contributed by atoms with Crippen molar-refractivity contribution in [3.05, 3.63) is 53.7 Å². The number of rotatable bonds is 4. The molecule has 2 rings (SSSR count). The van der Waals surface area contributed by atoms with E-state index >= 15 is 0 Å². The summed E-state index contributed by atoms with van der Waals surface area (Å²) in [6.45, 7) is 3.63. The lowest BCUT2D eigenvalue weighted by Crippen LogP contribution is -2.09. The topological polar surface area (TPSA) is 28.7 Å². The van der Waals surface area contributed by atoms with Crippen LogP contribution in [0.5, 0.6) is 0 Å². The quantitative estimate of drug-likeness (QED) is 0.860. The number of hydrogen-bond donors (Lipinski definition) is 1. The number of nitrogens with zero attached hydrogens (tertiary/aromatic N) is 1. The van der Waals surface area contributed by atoms with E-state index in [1.54, 1.807) is 11.8 Å². The molecule has 0 saturated heterocycles. The van der Waals surface area contributed by atoms with Crippen LogP contribution < -0.4 is 0 Å². The number of thioether (sulfide) groups is 1. The van der Waals surface area contributed by atoms with Crippen LogP contribution in [0.3, 0.4) is 0 Å². The monoisotopic (exact) mass is 299 g/mol. The predicted molar refractivity (Wildman–Crippen MR) is 73.7 cm³/mol. The molecule has 2 aromatic rings. The summed E-state index contributed by atoms with van der Waals surface area (Å²) < 4.78 is 38.8. The Morgan fingerprint density at radius 1 is 1.25 bits per heavy atom. The van der Waals surface area contributed by atoms with E-state index in [2.05, 4.69) is 17.1 Å². The normalized spacial score (nSPS) is 11.8. The van der Waals surface area contributed by atoms with Crippen LogP contribution in [0.2, 0.25) is 0 Å². The molecule has 107 valence electrons. The minimum Gasteiger partial charge on any atom is -0.273 e. The molecule has 0 saturated carbocycles. The average Bonchev–Trinajstić information content (AvgIpc) is 2.82. The fraction of sp³-hybridized carbons (Fsp3) is 0.286. The second-order valence-corrected chi connectivity index (χ2v) is 5.18. The fourth-order valence-corrected chi connectivity index (χ4v) is 2.39. The van der Waals surface area contributed by atoms with Gasteiger partial charge in [-0.1, -0.05) is 12.1 Å². The first-order valence-electron chi connectivity index (χ1n) is 6.01. The highest BCUT2D eigenvalue weighted by atomic mass is 32.2. The standard InChI is InChI=1S/C14H14F3N2S/c1-3-12-11(13(19-18-12)14(15,16)17)8-9-4-6-10(20-2)7-5-9/h4-7H,1,3,8H2,2H3,(H,18,19). The molecule has 0 aliphatic heterocycles. The Labute approximate surface area is 119 Å². The van der Waals surface area contributed by atoms with Crippen LogP contribution in [-0.4, -0.2) is 16.5 Å². The Morgan fingerprint density at radius 3 is 2.40 bits per heavy atom. The van der Waals surface area contributed by atoms with Gasteiger partial charge in [0.15, 0.2) is 0 Å². The molecule has 1 N–H and O–H groups in total. The number of hydrogen-bond acceptors (Lipinski definition) is 2. The second kappa shape index (κ2) is 5.91. The van der Waals surface area contributed by atoms with Gasteiger partial charge in [-0.25, -0.2) is 0 Å². The average molecular weight is 299 g/mol. The SMILES string of the molecule is [CH2]Cc1n[nH]c(C(F)(F)F)c1Cc1ccc(SC)cc1. The highest BCUT2D eigenvalue weighted by Gasteiger charge is 2.36. The molecule has 1 heterocycles. The predicted octanol–water partition coefficient (Wildman–Crippen LogP) is 4.12. The molecule has 0 fully saturated rings. The van der Waals surface area contributed by atoms with Crippen LogP contribution in [0.1, 0.15) is 22.5 Å². The lowest BCUT2D eigenvalue weighted by molar-refractivity contribution is -0.141. The van der Waals surface area contributed by atoms with E-state index in [1.807, 2.05) is 30.5 Å². The van der Waals surface area contributed by atoms with Crippen molar-refractivity contribution in [2.24, 2.45) is 0 Å². The number of aromatic amines is 1. The van der Waals surface area contributed by atoms with E-state index in [-0.39, 0.29) is 18.4 Å². The van der Waals surface area contributed by atoms with E-state index < -0.39 is 11.9 Å². The third-order valence-corrected chi connectivity index (χ3v) is 3.76. The summed E-state index contributed by atoms with van der Waals surface area (Å²) in [5.74, 6) is 0. The van der Waals surface area contributed by atoms with Crippen LogP contribution in [-0.2, 0) is 19.0 Å². The molecule has 0 aliphatic rings. The van der Waals surface area contributed by atoms with E-state index in [0.717, 1.165) is 10.5 Å². The molecule has 1 aromatic carbocycles. The van der Waals surface area contributed by atoms with Crippen molar-refractivity contribution in [1.82, 2.24) is 10.2 Å². The number of nitrogens with one attached hydrogen (secondary N) is 1. The van der Waals surface area contributed by atoms with Gasteiger partial charge >= 0.3 is 6.18 Å². The van der Waals surface area contributed by atoms with E-state index in [0.29, 0.717) is 5.69 Å². The van der Waals surface area contributed by atoms with Gasteiger partial charge in [-0.15, -0.1) is 11.8 Å². The van der Waals surface area contributed by atoms with Gasteiger partial charge in [-0.2, -0.15) is 18.3 Å². The molecule has 6 heteroatoms. The van der Waals surface area contributed by atoms with Gasteiger partial charge in [-0.05, 0) is 37.3 Å². The smallest absolute Gasteiger partial charge is 0.273 e. The lowest BCUT2D eigenvalue weighted by atomic mass is 10.0. The maximum Gasteiger partial charge on any atom is 0.433 e. The molecule has 20 heavy (non-hydrogen) atoms. The Hall–Kier alpha value is -1.43. The van der Waals surface area contributed by atoms with Crippen LogP contribution in [0.25, 0.3) is 0 Å². The summed E-state index contributed by atoms with van der Waals surface area (Å²) in [5, 5.41) is 5.81. The minimum atomic E-state index is -4.42. The van der Waals surface area contributed by atoms with Gasteiger partial charge < -0.3 is 0 Å². The maximum atomic E-state index is 12.9. The first kappa shape index (κ1) is 15.0. The van der Waals surface area contributed by atoms with Crippen molar-refractivity contribution in [2.75, 3.05) is 6.26 Å². The Morgan fingerprint density at radius 2 is 1.90 bits per heavy atom. The van der Waals surface area contributed by atoms with Crippen molar-refractivity contribution in [1.29, 1.82) is 0 Å². The van der Waals surface area contributed by atoms with E-state index in [1.165, 1.54) is 0 Å². The second-order valence-electron chi connectivity index (χ2n) is 4.30. The van der Waals surface area contributed by atoms with E-state index in [4.69, 9.17) is 0 Å². The number of halogens is 3. The summed E-state index contributed by atoms with van der Waals surface area (Å²) in [7, 11) is 0. The van der Waals surface area contributed by atoms with Crippen LogP contribution in [0.4, 0.5) is 13.2 Å². The van der Waals surface area contributed by atoms with Crippen molar-refractivity contribution >= 4 is 11.8 Å². The zero-order valence-corrected chi connectivity index (χ0v) is 11.7. The molecule has 0 aliphatic carbocycles. The zero-order chi connectivity index (χ0) is 14.8. The first-order chi connectivity index (χ1) is 9.45. The molecule has 0 amide bonds. The molecule has 2 nitrogen and oxygen atoms in total. The van der Waals surface area contributed by atoms with Crippen molar-refractivity contribution in [3.63, 3.8) is 0 Å². The Kier molecular flexibility index (Phi) is 4.42. The summed E-state index contributed by atoms with van der Waals surface area (Å²) >= 11 is 1.59. The maximum absolute atomic E-state index is 12.9. The van der Waals surface area contributed by atoms with Gasteiger partial charge in [0.05, 0.1) is 5.69 Å². The minimum absolute atomic E-state index is 0.185. The zero-order valence-electron chi connectivity index (χ0n) is 10.9. The lowest BCUT2D eigenvalue weighted by Gasteiger charge is -2.09. The molecule has 0 bridgehead atoms. The van der Waals surface area contributed by atoms with Crippen molar-refractivity contribution in [3.8, 4) is 0 Å². The molecule has 1 aromatic heterocycles. The highest BCUT2D eigenvalue weighted by Crippen LogP contribution is 2.33. The number of alkyl halides is 3. The third-order valence-electron chi connectivity index (χ3n) is 3.01. The van der Waals surface area contributed by atoms with Crippen molar-refractivity contribution in [2.45, 2.75) is 23.9 Å². The molecular weight excluding hydrogens is 285 g/mol. The molecule has 1 radical (unpaired) electrons. The van der Waals surface area contributed by atoms with Gasteiger partial charge in [0, 0.05) is 16.9 Å². The molecule has 0 atom stereocenters. The number of benzene rings is 1. The third kappa shape index (κ3) is 3.17. The van der Waals surface area contributed by atoms with E-state index in [9.17, 15) is 13.2 Å². The van der Waals surface area contributed by atoms with Gasteiger partial charge in [0.2, 0.25) is 0 Å². The van der Waals surface area contributed by atoms with Crippen molar-refractivity contribution < 1.29 is 13.2 Å². The summed E-state index contributed by atoms with van der Waals surface area (Å²) in [6.07, 6.45) is -2.04.